The fourth-order valence-electron chi connectivity index (χ4n) is 2.37. The number of benzene rings is 2. The van der Waals surface area contributed by atoms with E-state index in [2.05, 4.69) is 15.6 Å². The number of thioether (sulfide) groups is 1. The quantitative estimate of drug-likeness (QED) is 0.823. The third-order valence-corrected chi connectivity index (χ3v) is 5.15. The van der Waals surface area contributed by atoms with Crippen LogP contribution in [-0.4, -0.2) is 22.2 Å². The molecule has 2 aromatic carbocycles. The summed E-state index contributed by atoms with van der Waals surface area (Å²) in [6, 6.07) is 15.0. The van der Waals surface area contributed by atoms with Crippen LogP contribution in [0.5, 0.6) is 0 Å². The predicted octanol–water partition coefficient (Wildman–Crippen LogP) is 3.57. The maximum absolute atomic E-state index is 12.1. The molecule has 3 rings (SSSR count). The fraction of sp³-hybridized carbons (Fsp3) is 0.211. The van der Waals surface area contributed by atoms with Crippen molar-refractivity contribution in [1.82, 2.24) is 10.6 Å². The summed E-state index contributed by atoms with van der Waals surface area (Å²) in [5, 5.41) is 6.26. The van der Waals surface area contributed by atoms with E-state index in [0.717, 1.165) is 16.8 Å². The lowest BCUT2D eigenvalue weighted by Gasteiger charge is -2.07. The second-order valence-corrected chi connectivity index (χ2v) is 7.58. The number of amides is 2. The van der Waals surface area contributed by atoms with Crippen LogP contribution in [0.2, 0.25) is 5.02 Å². The molecule has 26 heavy (non-hydrogen) atoms. The highest BCUT2D eigenvalue weighted by Crippen LogP contribution is 2.25. The van der Waals surface area contributed by atoms with Crippen molar-refractivity contribution in [2.24, 2.45) is 4.99 Å². The molecule has 0 radical (unpaired) electrons. The molecular weight excluding hydrogens is 370 g/mol. The van der Waals surface area contributed by atoms with Gasteiger partial charge in [0.05, 0.1) is 5.69 Å². The van der Waals surface area contributed by atoms with Gasteiger partial charge in [0.25, 0.3) is 0 Å². The van der Waals surface area contributed by atoms with Crippen molar-refractivity contribution in [3.63, 3.8) is 0 Å². The van der Waals surface area contributed by atoms with Crippen LogP contribution >= 0.6 is 23.4 Å². The van der Waals surface area contributed by atoms with Crippen molar-refractivity contribution in [2.45, 2.75) is 25.1 Å². The van der Waals surface area contributed by atoms with Gasteiger partial charge in [-0.2, -0.15) is 0 Å². The highest BCUT2D eigenvalue weighted by molar-refractivity contribution is 8.15. The molecule has 1 heterocycles. The number of carbonyl (C=O) groups is 2. The van der Waals surface area contributed by atoms with E-state index in [-0.39, 0.29) is 18.2 Å². The van der Waals surface area contributed by atoms with Crippen molar-refractivity contribution in [1.29, 1.82) is 0 Å². The van der Waals surface area contributed by atoms with Crippen LogP contribution in [-0.2, 0) is 16.1 Å². The molecule has 0 aliphatic carbocycles. The number of amidine groups is 1. The molecule has 0 bridgehead atoms. The van der Waals surface area contributed by atoms with E-state index >= 15 is 0 Å². The van der Waals surface area contributed by atoms with E-state index in [1.165, 1.54) is 11.8 Å². The molecule has 134 valence electrons. The zero-order valence-corrected chi connectivity index (χ0v) is 15.7. The molecule has 1 fully saturated rings. The molecule has 2 N–H and O–H groups in total. The first-order valence-corrected chi connectivity index (χ1v) is 9.39. The zero-order chi connectivity index (χ0) is 18.5. The maximum Gasteiger partial charge on any atom is 0.240 e. The van der Waals surface area contributed by atoms with E-state index in [1.807, 2.05) is 43.3 Å². The van der Waals surface area contributed by atoms with Gasteiger partial charge in [-0.3, -0.25) is 9.59 Å². The van der Waals surface area contributed by atoms with E-state index in [4.69, 9.17) is 11.6 Å². The van der Waals surface area contributed by atoms with Crippen LogP contribution in [0.15, 0.2) is 53.5 Å². The lowest BCUT2D eigenvalue weighted by Crippen LogP contribution is -2.31. The molecule has 1 atom stereocenters. The Balaban J connectivity index is 1.53. The second kappa shape index (κ2) is 8.38. The fourth-order valence-corrected chi connectivity index (χ4v) is 3.49. The molecule has 1 saturated heterocycles. The predicted molar refractivity (Wildman–Crippen MR) is 106 cm³/mol. The Morgan fingerprint density at radius 1 is 1.19 bits per heavy atom. The Labute approximate surface area is 161 Å². The number of hydrogen-bond acceptors (Lipinski definition) is 4. The van der Waals surface area contributed by atoms with Crippen LogP contribution in [0.3, 0.4) is 0 Å². The average molecular weight is 388 g/mol. The van der Waals surface area contributed by atoms with Gasteiger partial charge in [-0.15, -0.1) is 0 Å². The molecule has 1 aliphatic rings. The molecule has 0 unspecified atom stereocenters. The Morgan fingerprint density at radius 2 is 1.88 bits per heavy atom. The molecule has 7 heteroatoms. The van der Waals surface area contributed by atoms with Crippen LogP contribution in [0.25, 0.3) is 0 Å². The van der Waals surface area contributed by atoms with Crippen molar-refractivity contribution in [2.75, 3.05) is 0 Å². The van der Waals surface area contributed by atoms with Gasteiger partial charge < -0.3 is 10.6 Å². The largest absolute Gasteiger partial charge is 0.352 e. The van der Waals surface area contributed by atoms with E-state index in [9.17, 15) is 9.59 Å². The van der Waals surface area contributed by atoms with Crippen LogP contribution in [0.4, 0.5) is 5.69 Å². The number of aliphatic imine (C=N–C) groups is 1. The van der Waals surface area contributed by atoms with Gasteiger partial charge in [0, 0.05) is 18.0 Å². The first-order chi connectivity index (χ1) is 12.5. The number of carbonyl (C=O) groups excluding carboxylic acids is 2. The Morgan fingerprint density at radius 3 is 2.58 bits per heavy atom. The lowest BCUT2D eigenvalue weighted by atomic mass is 10.2. The van der Waals surface area contributed by atoms with Crippen LogP contribution in [0, 0.1) is 6.92 Å². The molecule has 2 aromatic rings. The maximum atomic E-state index is 12.1. The minimum Gasteiger partial charge on any atom is -0.352 e. The van der Waals surface area contributed by atoms with Gasteiger partial charge in [0.1, 0.15) is 5.25 Å². The number of nitrogens with one attached hydrogen (secondary N) is 2. The number of halogens is 1. The first kappa shape index (κ1) is 18.5. The third-order valence-electron chi connectivity index (χ3n) is 3.81. The van der Waals surface area contributed by atoms with Gasteiger partial charge in [-0.25, -0.2) is 4.99 Å². The second-order valence-electron chi connectivity index (χ2n) is 5.96. The lowest BCUT2D eigenvalue weighted by molar-refractivity contribution is -0.125. The van der Waals surface area contributed by atoms with Crippen molar-refractivity contribution >= 4 is 46.0 Å². The molecular formula is C19H18ClN3O2S. The Bertz CT molecular complexity index is 835. The van der Waals surface area contributed by atoms with Gasteiger partial charge in [0.2, 0.25) is 11.8 Å². The highest BCUT2D eigenvalue weighted by Gasteiger charge is 2.32. The molecule has 0 saturated carbocycles. The molecule has 0 aromatic heterocycles. The number of aryl methyl sites for hydroxylation is 1. The van der Waals surface area contributed by atoms with Crippen molar-refractivity contribution < 1.29 is 9.59 Å². The molecule has 5 nitrogen and oxygen atoms in total. The van der Waals surface area contributed by atoms with Gasteiger partial charge in [0.15, 0.2) is 5.17 Å². The Kier molecular flexibility index (Phi) is 5.96. The number of rotatable bonds is 5. The summed E-state index contributed by atoms with van der Waals surface area (Å²) in [4.78, 5) is 28.6. The molecule has 0 spiro atoms. The van der Waals surface area contributed by atoms with Gasteiger partial charge in [-0.1, -0.05) is 53.2 Å². The summed E-state index contributed by atoms with van der Waals surface area (Å²) in [5.74, 6) is -0.369. The van der Waals surface area contributed by atoms with Gasteiger partial charge >= 0.3 is 0 Å². The van der Waals surface area contributed by atoms with Crippen LogP contribution < -0.4 is 10.6 Å². The van der Waals surface area contributed by atoms with Crippen molar-refractivity contribution in [3.05, 3.63) is 64.7 Å². The minimum atomic E-state index is -0.468. The third kappa shape index (κ3) is 5.09. The van der Waals surface area contributed by atoms with E-state index < -0.39 is 5.25 Å². The van der Waals surface area contributed by atoms with Crippen LogP contribution in [0.1, 0.15) is 17.5 Å². The topological polar surface area (TPSA) is 70.6 Å². The SMILES string of the molecule is Cc1ccc(N=C2NC(=O)[C@@H](CC(=O)NCc3ccc(Cl)cc3)S2)cc1. The number of hydrogen-bond donors (Lipinski definition) is 2. The zero-order valence-electron chi connectivity index (χ0n) is 14.2. The normalized spacial score (nSPS) is 18.0. The summed E-state index contributed by atoms with van der Waals surface area (Å²) >= 11 is 7.12. The smallest absolute Gasteiger partial charge is 0.240 e. The first-order valence-electron chi connectivity index (χ1n) is 8.13. The standard InChI is InChI=1S/C19H18ClN3O2S/c1-12-2-8-15(9-3-12)22-19-23-18(25)16(26-19)10-17(24)21-11-13-4-6-14(20)7-5-13/h2-9,16H,10-11H2,1H3,(H,21,24)(H,22,23,25)/t16-/m1/s1. The summed E-state index contributed by atoms with van der Waals surface area (Å²) in [5.41, 5.74) is 2.87. The van der Waals surface area contributed by atoms with Gasteiger partial charge in [-0.05, 0) is 36.8 Å². The van der Waals surface area contributed by atoms with Crippen molar-refractivity contribution in [3.8, 4) is 0 Å². The summed E-state index contributed by atoms with van der Waals surface area (Å²) in [6.07, 6.45) is 0.108. The molecule has 1 aliphatic heterocycles. The van der Waals surface area contributed by atoms with E-state index in [1.54, 1.807) is 12.1 Å². The summed E-state index contributed by atoms with van der Waals surface area (Å²) < 4.78 is 0. The Hall–Kier alpha value is -2.31. The number of nitrogens with zero attached hydrogens (tertiary/aromatic N) is 1. The molecule has 2 amide bonds. The van der Waals surface area contributed by atoms with E-state index in [0.29, 0.717) is 16.7 Å². The highest BCUT2D eigenvalue weighted by atomic mass is 35.5. The summed E-state index contributed by atoms with van der Waals surface area (Å²) in [7, 11) is 0. The summed E-state index contributed by atoms with van der Waals surface area (Å²) in [6.45, 7) is 2.40. The average Bonchev–Trinajstić information content (AvgIpc) is 2.95. The minimum absolute atomic E-state index is 0.108. The monoisotopic (exact) mass is 387 g/mol.